The Morgan fingerprint density at radius 1 is 0.731 bits per heavy atom. The Labute approximate surface area is 163 Å². The first kappa shape index (κ1) is 17.2. The Hall–Kier alpha value is -2.27. The highest BCUT2D eigenvalue weighted by molar-refractivity contribution is 7.73. The molecule has 26 heavy (non-hydrogen) atoms. The molecule has 1 heterocycles. The maximum Gasteiger partial charge on any atom is 0.163 e. The zero-order valence-corrected chi connectivity index (χ0v) is 16.0. The number of benzene rings is 3. The predicted molar refractivity (Wildman–Crippen MR) is 113 cm³/mol. The van der Waals surface area contributed by atoms with Gasteiger partial charge in [-0.25, -0.2) is 0 Å². The first-order chi connectivity index (χ1) is 12.8. The van der Waals surface area contributed by atoms with E-state index in [-0.39, 0.29) is 0 Å². The van der Waals surface area contributed by atoms with E-state index in [0.717, 1.165) is 23.7 Å². The van der Waals surface area contributed by atoms with Gasteiger partial charge in [0.1, 0.15) is 0 Å². The summed E-state index contributed by atoms with van der Waals surface area (Å²) in [4.78, 5) is 2.44. The molecule has 4 aromatic rings. The van der Waals surface area contributed by atoms with Crippen LogP contribution in [0, 0.1) is 3.95 Å². The number of hydrogen-bond acceptors (Lipinski definition) is 3. The highest BCUT2D eigenvalue weighted by Crippen LogP contribution is 2.24. The molecule has 4 rings (SSSR count). The van der Waals surface area contributed by atoms with Crippen LogP contribution in [-0.4, -0.2) is 9.47 Å². The van der Waals surface area contributed by atoms with E-state index in [4.69, 9.17) is 12.2 Å². The first-order valence-corrected chi connectivity index (χ1v) is 9.91. The van der Waals surface area contributed by atoms with E-state index < -0.39 is 0 Å². The number of para-hydroxylation sites is 1. The van der Waals surface area contributed by atoms with Gasteiger partial charge in [-0.05, 0) is 35.5 Å². The molecule has 0 atom stereocenters. The zero-order valence-electron chi connectivity index (χ0n) is 14.4. The van der Waals surface area contributed by atoms with Gasteiger partial charge in [-0.1, -0.05) is 72.8 Å². The van der Waals surface area contributed by atoms with Gasteiger partial charge in [0.05, 0.1) is 16.9 Å². The maximum absolute atomic E-state index is 5.66. The molecule has 0 aliphatic rings. The fourth-order valence-corrected chi connectivity index (χ4v) is 4.50. The summed E-state index contributed by atoms with van der Waals surface area (Å²) in [6.45, 7) is 2.57. The van der Waals surface area contributed by atoms with Crippen LogP contribution in [0.1, 0.15) is 11.1 Å². The minimum absolute atomic E-state index is 0.784. The SMILES string of the molecule is S=c1sc2ccccc2n1CN(Cc1ccccc1)Cc1ccccc1. The van der Waals surface area contributed by atoms with Crippen molar-refractivity contribution in [3.05, 3.63) is 100 Å². The average molecular weight is 377 g/mol. The zero-order chi connectivity index (χ0) is 17.8. The molecule has 0 saturated heterocycles. The third kappa shape index (κ3) is 3.93. The Morgan fingerprint density at radius 3 is 1.88 bits per heavy atom. The molecule has 3 aromatic carbocycles. The summed E-state index contributed by atoms with van der Waals surface area (Å²) in [6.07, 6.45) is 0. The predicted octanol–water partition coefficient (Wildman–Crippen LogP) is 6.09. The summed E-state index contributed by atoms with van der Waals surface area (Å²) in [5.41, 5.74) is 3.84. The number of rotatable bonds is 6. The molecule has 0 amide bonds. The average Bonchev–Trinajstić information content (AvgIpc) is 2.99. The number of hydrogen-bond donors (Lipinski definition) is 0. The van der Waals surface area contributed by atoms with Gasteiger partial charge in [-0.15, -0.1) is 11.3 Å². The Morgan fingerprint density at radius 2 is 1.27 bits per heavy atom. The number of fused-ring (bicyclic) bond motifs is 1. The van der Waals surface area contributed by atoms with Crippen molar-refractivity contribution >= 4 is 33.8 Å². The molecule has 1 aromatic heterocycles. The summed E-state index contributed by atoms with van der Waals surface area (Å²) < 4.78 is 4.43. The van der Waals surface area contributed by atoms with Gasteiger partial charge in [0.15, 0.2) is 3.95 Å². The summed E-state index contributed by atoms with van der Waals surface area (Å²) in [5.74, 6) is 0. The monoisotopic (exact) mass is 376 g/mol. The molecule has 0 radical (unpaired) electrons. The van der Waals surface area contributed by atoms with E-state index >= 15 is 0 Å². The van der Waals surface area contributed by atoms with Crippen molar-refractivity contribution < 1.29 is 0 Å². The molecule has 4 heteroatoms. The molecule has 0 spiro atoms. The minimum atomic E-state index is 0.784. The van der Waals surface area contributed by atoms with Gasteiger partial charge in [-0.3, -0.25) is 4.90 Å². The molecule has 0 saturated carbocycles. The molecular formula is C22H20N2S2. The van der Waals surface area contributed by atoms with E-state index in [1.165, 1.54) is 21.3 Å². The fourth-order valence-electron chi connectivity index (χ4n) is 3.19. The molecule has 0 fully saturated rings. The van der Waals surface area contributed by atoms with Crippen LogP contribution in [0.3, 0.4) is 0 Å². The normalized spacial score (nSPS) is 11.3. The Kier molecular flexibility index (Phi) is 5.25. The lowest BCUT2D eigenvalue weighted by atomic mass is 10.2. The van der Waals surface area contributed by atoms with Crippen molar-refractivity contribution in [2.75, 3.05) is 0 Å². The van der Waals surface area contributed by atoms with E-state index in [1.807, 2.05) is 0 Å². The highest BCUT2D eigenvalue weighted by atomic mass is 32.1. The lowest BCUT2D eigenvalue weighted by molar-refractivity contribution is 0.203. The Bertz CT molecular complexity index is 994. The number of nitrogens with zero attached hydrogens (tertiary/aromatic N) is 2. The van der Waals surface area contributed by atoms with E-state index in [9.17, 15) is 0 Å². The smallest absolute Gasteiger partial charge is 0.163 e. The lowest BCUT2D eigenvalue weighted by Crippen LogP contribution is -2.25. The number of thiazole rings is 1. The summed E-state index contributed by atoms with van der Waals surface area (Å²) in [6, 6.07) is 29.7. The molecule has 0 aliphatic heterocycles. The molecule has 2 nitrogen and oxygen atoms in total. The first-order valence-electron chi connectivity index (χ1n) is 8.68. The van der Waals surface area contributed by atoms with Crippen LogP contribution in [0.2, 0.25) is 0 Å². The molecule has 0 unspecified atom stereocenters. The van der Waals surface area contributed by atoms with E-state index in [1.54, 1.807) is 11.3 Å². The van der Waals surface area contributed by atoms with Crippen LogP contribution in [0.4, 0.5) is 0 Å². The van der Waals surface area contributed by atoms with Gasteiger partial charge >= 0.3 is 0 Å². The third-order valence-corrected chi connectivity index (χ3v) is 5.84. The fraction of sp³-hybridized carbons (Fsp3) is 0.136. The van der Waals surface area contributed by atoms with E-state index in [2.05, 4.69) is 94.4 Å². The van der Waals surface area contributed by atoms with Gasteiger partial charge in [0.25, 0.3) is 0 Å². The quantitative estimate of drug-likeness (QED) is 0.376. The summed E-state index contributed by atoms with van der Waals surface area (Å²) in [7, 11) is 0. The second kappa shape index (κ2) is 7.96. The van der Waals surface area contributed by atoms with Crippen LogP contribution < -0.4 is 0 Å². The van der Waals surface area contributed by atoms with Crippen molar-refractivity contribution in [2.45, 2.75) is 19.8 Å². The summed E-state index contributed by atoms with van der Waals surface area (Å²) in [5, 5.41) is 0. The largest absolute Gasteiger partial charge is 0.309 e. The molecule has 130 valence electrons. The van der Waals surface area contributed by atoms with Crippen LogP contribution >= 0.6 is 23.6 Å². The third-order valence-electron chi connectivity index (χ3n) is 4.41. The lowest BCUT2D eigenvalue weighted by Gasteiger charge is -2.23. The van der Waals surface area contributed by atoms with Crippen LogP contribution in [0.15, 0.2) is 84.9 Å². The standard InChI is InChI=1S/C22H20N2S2/c25-22-24(20-13-7-8-14-21(20)26-22)17-23(15-18-9-3-1-4-10-18)16-19-11-5-2-6-12-19/h1-14H,15-17H2. The van der Waals surface area contributed by atoms with Crippen molar-refractivity contribution in [2.24, 2.45) is 0 Å². The molecular weight excluding hydrogens is 356 g/mol. The summed E-state index contributed by atoms with van der Waals surface area (Å²) >= 11 is 7.34. The van der Waals surface area contributed by atoms with Crippen LogP contribution in [0.5, 0.6) is 0 Å². The van der Waals surface area contributed by atoms with Crippen LogP contribution in [0.25, 0.3) is 10.2 Å². The second-order valence-corrected chi connectivity index (χ2v) is 8.04. The van der Waals surface area contributed by atoms with Crippen LogP contribution in [-0.2, 0) is 19.8 Å². The number of aromatic nitrogens is 1. The van der Waals surface area contributed by atoms with Crippen molar-refractivity contribution in [3.8, 4) is 0 Å². The molecule has 0 bridgehead atoms. The van der Waals surface area contributed by atoms with E-state index in [0.29, 0.717) is 0 Å². The van der Waals surface area contributed by atoms with Crippen molar-refractivity contribution in [1.29, 1.82) is 0 Å². The maximum atomic E-state index is 5.66. The van der Waals surface area contributed by atoms with Crippen molar-refractivity contribution in [1.82, 2.24) is 9.47 Å². The highest BCUT2D eigenvalue weighted by Gasteiger charge is 2.11. The second-order valence-electron chi connectivity index (χ2n) is 6.36. The topological polar surface area (TPSA) is 8.17 Å². The van der Waals surface area contributed by atoms with Gasteiger partial charge in [0, 0.05) is 13.1 Å². The van der Waals surface area contributed by atoms with Crippen molar-refractivity contribution in [3.63, 3.8) is 0 Å². The van der Waals surface area contributed by atoms with Gasteiger partial charge in [0.2, 0.25) is 0 Å². The van der Waals surface area contributed by atoms with Gasteiger partial charge in [-0.2, -0.15) is 0 Å². The molecule has 0 aliphatic carbocycles. The molecule has 0 N–H and O–H groups in total. The van der Waals surface area contributed by atoms with Gasteiger partial charge < -0.3 is 4.57 Å². The Balaban J connectivity index is 1.65. The minimum Gasteiger partial charge on any atom is -0.309 e.